The highest BCUT2D eigenvalue weighted by Gasteiger charge is 2.08. The molecule has 1 aromatic carbocycles. The predicted octanol–water partition coefficient (Wildman–Crippen LogP) is 3.70. The molecule has 0 aliphatic rings. The third-order valence-electron chi connectivity index (χ3n) is 3.27. The van der Waals surface area contributed by atoms with Gasteiger partial charge in [0.2, 0.25) is 0 Å². The lowest BCUT2D eigenvalue weighted by Gasteiger charge is -2.10. The SMILES string of the molecule is CCc1cc(C(=O)O)cc(Nc2ccc(C)c(C)c2)n1. The number of hydrogen-bond acceptors (Lipinski definition) is 3. The lowest BCUT2D eigenvalue weighted by Crippen LogP contribution is -2.03. The molecule has 0 aliphatic carbocycles. The number of hydrogen-bond donors (Lipinski definition) is 2. The maximum atomic E-state index is 11.1. The van der Waals surface area contributed by atoms with Crippen LogP contribution in [0.5, 0.6) is 0 Å². The molecule has 0 atom stereocenters. The van der Waals surface area contributed by atoms with Gasteiger partial charge in [-0.2, -0.15) is 0 Å². The lowest BCUT2D eigenvalue weighted by molar-refractivity contribution is 0.0696. The molecule has 20 heavy (non-hydrogen) atoms. The number of nitrogens with zero attached hydrogens (tertiary/aromatic N) is 1. The fraction of sp³-hybridized carbons (Fsp3) is 0.250. The minimum Gasteiger partial charge on any atom is -0.478 e. The molecule has 0 fully saturated rings. The van der Waals surface area contributed by atoms with Gasteiger partial charge in [0.1, 0.15) is 5.82 Å². The number of rotatable bonds is 4. The highest BCUT2D eigenvalue weighted by atomic mass is 16.4. The summed E-state index contributed by atoms with van der Waals surface area (Å²) in [6, 6.07) is 9.17. The van der Waals surface area contributed by atoms with Crippen molar-refractivity contribution >= 4 is 17.5 Å². The van der Waals surface area contributed by atoms with Crippen LogP contribution >= 0.6 is 0 Å². The van der Waals surface area contributed by atoms with Crippen molar-refractivity contribution in [1.82, 2.24) is 4.98 Å². The smallest absolute Gasteiger partial charge is 0.335 e. The van der Waals surface area contributed by atoms with E-state index in [-0.39, 0.29) is 5.56 Å². The van der Waals surface area contributed by atoms with Crippen molar-refractivity contribution in [2.45, 2.75) is 27.2 Å². The van der Waals surface area contributed by atoms with Crippen molar-refractivity contribution in [1.29, 1.82) is 0 Å². The number of carboxylic acids is 1. The number of nitrogens with one attached hydrogen (secondary N) is 1. The summed E-state index contributed by atoms with van der Waals surface area (Å²) in [5.41, 5.74) is 4.32. The second kappa shape index (κ2) is 5.74. The fourth-order valence-electron chi connectivity index (χ4n) is 1.92. The molecular formula is C16H18N2O2. The van der Waals surface area contributed by atoms with Crippen LogP contribution in [0.1, 0.15) is 34.1 Å². The largest absolute Gasteiger partial charge is 0.478 e. The Hall–Kier alpha value is -2.36. The quantitative estimate of drug-likeness (QED) is 0.889. The first kappa shape index (κ1) is 14.1. The van der Waals surface area contributed by atoms with Crippen LogP contribution in [0.4, 0.5) is 11.5 Å². The average molecular weight is 270 g/mol. The Labute approximate surface area is 118 Å². The molecule has 1 heterocycles. The van der Waals surface area contributed by atoms with Gasteiger partial charge in [0, 0.05) is 11.4 Å². The van der Waals surface area contributed by atoms with Crippen LogP contribution in [0.3, 0.4) is 0 Å². The number of pyridine rings is 1. The van der Waals surface area contributed by atoms with Gasteiger partial charge in [-0.3, -0.25) is 0 Å². The standard InChI is InChI=1S/C16H18N2O2/c1-4-13-8-12(16(19)20)9-15(17-13)18-14-6-5-10(2)11(3)7-14/h5-9H,4H2,1-3H3,(H,17,18)(H,19,20). The van der Waals surface area contributed by atoms with E-state index in [1.165, 1.54) is 11.1 Å². The molecule has 4 nitrogen and oxygen atoms in total. The van der Waals surface area contributed by atoms with Crippen LogP contribution in [0, 0.1) is 13.8 Å². The van der Waals surface area contributed by atoms with Gasteiger partial charge in [0.15, 0.2) is 0 Å². The van der Waals surface area contributed by atoms with Crippen LogP contribution in [-0.4, -0.2) is 16.1 Å². The summed E-state index contributed by atoms with van der Waals surface area (Å²) in [5, 5.41) is 12.3. The van der Waals surface area contributed by atoms with Crippen molar-refractivity contribution < 1.29 is 9.90 Å². The Kier molecular flexibility index (Phi) is 4.03. The molecular weight excluding hydrogens is 252 g/mol. The molecule has 2 aromatic rings. The summed E-state index contributed by atoms with van der Waals surface area (Å²) in [7, 11) is 0. The highest BCUT2D eigenvalue weighted by Crippen LogP contribution is 2.20. The summed E-state index contributed by atoms with van der Waals surface area (Å²) in [4.78, 5) is 15.5. The van der Waals surface area contributed by atoms with Gasteiger partial charge < -0.3 is 10.4 Å². The number of benzene rings is 1. The minimum absolute atomic E-state index is 0.253. The molecule has 0 saturated heterocycles. The Morgan fingerprint density at radius 1 is 1.20 bits per heavy atom. The Morgan fingerprint density at radius 3 is 2.55 bits per heavy atom. The van der Waals surface area contributed by atoms with Crippen molar-refractivity contribution in [3.05, 3.63) is 52.7 Å². The van der Waals surface area contributed by atoms with Crippen molar-refractivity contribution in [3.63, 3.8) is 0 Å². The second-order valence-electron chi connectivity index (χ2n) is 4.82. The van der Waals surface area contributed by atoms with Gasteiger partial charge in [-0.1, -0.05) is 13.0 Å². The number of carbonyl (C=O) groups is 1. The first-order chi connectivity index (χ1) is 9.49. The van der Waals surface area contributed by atoms with Crippen LogP contribution in [0.25, 0.3) is 0 Å². The van der Waals surface area contributed by atoms with Crippen molar-refractivity contribution in [2.24, 2.45) is 0 Å². The van der Waals surface area contributed by atoms with Crippen molar-refractivity contribution in [3.8, 4) is 0 Å². The van der Waals surface area contributed by atoms with E-state index in [4.69, 9.17) is 5.11 Å². The zero-order valence-corrected chi connectivity index (χ0v) is 11.9. The molecule has 0 bridgehead atoms. The number of aromatic nitrogens is 1. The third-order valence-corrected chi connectivity index (χ3v) is 3.27. The number of anilines is 2. The zero-order chi connectivity index (χ0) is 14.7. The number of aromatic carboxylic acids is 1. The van der Waals surface area contributed by atoms with Crippen LogP contribution in [-0.2, 0) is 6.42 Å². The van der Waals surface area contributed by atoms with Gasteiger partial charge in [0.05, 0.1) is 5.56 Å². The Balaban J connectivity index is 2.34. The molecule has 2 N–H and O–H groups in total. The first-order valence-corrected chi connectivity index (χ1v) is 6.58. The van der Waals surface area contributed by atoms with Gasteiger partial charge >= 0.3 is 5.97 Å². The first-order valence-electron chi connectivity index (χ1n) is 6.58. The van der Waals surface area contributed by atoms with E-state index in [0.717, 1.165) is 11.4 Å². The van der Waals surface area contributed by atoms with E-state index in [2.05, 4.69) is 17.2 Å². The summed E-state index contributed by atoms with van der Waals surface area (Å²) in [6.45, 7) is 6.05. The molecule has 0 aliphatic heterocycles. The minimum atomic E-state index is -0.940. The van der Waals surface area contributed by atoms with E-state index in [1.54, 1.807) is 12.1 Å². The third kappa shape index (κ3) is 3.15. The van der Waals surface area contributed by atoms with E-state index in [0.29, 0.717) is 12.2 Å². The lowest BCUT2D eigenvalue weighted by atomic mass is 10.1. The van der Waals surface area contributed by atoms with E-state index >= 15 is 0 Å². The molecule has 0 spiro atoms. The molecule has 1 aromatic heterocycles. The summed E-state index contributed by atoms with van der Waals surface area (Å²) in [6.07, 6.45) is 0.697. The Morgan fingerprint density at radius 2 is 1.95 bits per heavy atom. The average Bonchev–Trinajstić information content (AvgIpc) is 2.42. The van der Waals surface area contributed by atoms with Gasteiger partial charge in [-0.05, 0) is 55.7 Å². The fourth-order valence-corrected chi connectivity index (χ4v) is 1.92. The molecule has 104 valence electrons. The zero-order valence-electron chi connectivity index (χ0n) is 11.9. The molecule has 4 heteroatoms. The molecule has 2 rings (SSSR count). The molecule has 0 saturated carbocycles. The number of carboxylic acid groups (broad SMARTS) is 1. The normalized spacial score (nSPS) is 10.3. The predicted molar refractivity (Wildman–Crippen MR) is 79.8 cm³/mol. The summed E-state index contributed by atoms with van der Waals surface area (Å²) < 4.78 is 0. The molecule has 0 amide bonds. The topological polar surface area (TPSA) is 62.2 Å². The maximum Gasteiger partial charge on any atom is 0.335 e. The maximum absolute atomic E-state index is 11.1. The summed E-state index contributed by atoms with van der Waals surface area (Å²) >= 11 is 0. The van der Waals surface area contributed by atoms with Gasteiger partial charge in [-0.25, -0.2) is 9.78 Å². The van der Waals surface area contributed by atoms with Crippen LogP contribution in [0.15, 0.2) is 30.3 Å². The van der Waals surface area contributed by atoms with Gasteiger partial charge in [-0.15, -0.1) is 0 Å². The monoisotopic (exact) mass is 270 g/mol. The van der Waals surface area contributed by atoms with Crippen molar-refractivity contribution in [2.75, 3.05) is 5.32 Å². The van der Waals surface area contributed by atoms with E-state index < -0.39 is 5.97 Å². The van der Waals surface area contributed by atoms with Gasteiger partial charge in [0.25, 0.3) is 0 Å². The van der Waals surface area contributed by atoms with Crippen LogP contribution in [0.2, 0.25) is 0 Å². The molecule has 0 unspecified atom stereocenters. The van der Waals surface area contributed by atoms with E-state index in [1.807, 2.05) is 32.0 Å². The number of aryl methyl sites for hydroxylation is 3. The molecule has 0 radical (unpaired) electrons. The Bertz CT molecular complexity index is 651. The van der Waals surface area contributed by atoms with Crippen LogP contribution < -0.4 is 5.32 Å². The second-order valence-corrected chi connectivity index (χ2v) is 4.82. The summed E-state index contributed by atoms with van der Waals surface area (Å²) in [5.74, 6) is -0.379. The highest BCUT2D eigenvalue weighted by molar-refractivity contribution is 5.88. The van der Waals surface area contributed by atoms with E-state index in [9.17, 15) is 4.79 Å².